The van der Waals surface area contributed by atoms with Crippen molar-refractivity contribution in [3.63, 3.8) is 0 Å². The Balaban J connectivity index is 2.79. The predicted molar refractivity (Wildman–Crippen MR) is 44.4 cm³/mol. The highest BCUT2D eigenvalue weighted by molar-refractivity contribution is 7.71. The zero-order valence-corrected chi connectivity index (χ0v) is 6.66. The highest BCUT2D eigenvalue weighted by Gasteiger charge is 1.85. The second kappa shape index (κ2) is 3.49. The maximum absolute atomic E-state index is 4.88. The van der Waals surface area contributed by atoms with Crippen molar-refractivity contribution in [2.24, 2.45) is 0 Å². The summed E-state index contributed by atoms with van der Waals surface area (Å²) < 4.78 is 0.778. The lowest BCUT2D eigenvalue weighted by Crippen LogP contribution is -2.04. The molecular formula is C7H10N2S. The van der Waals surface area contributed by atoms with Crippen LogP contribution in [-0.2, 0) is 6.54 Å². The topological polar surface area (TPSA) is 27.8 Å². The van der Waals surface area contributed by atoms with E-state index in [1.165, 1.54) is 5.56 Å². The Morgan fingerprint density at radius 2 is 2.40 bits per heavy atom. The van der Waals surface area contributed by atoms with Gasteiger partial charge in [-0.05, 0) is 18.7 Å². The lowest BCUT2D eigenvalue weighted by molar-refractivity contribution is 0.813. The van der Waals surface area contributed by atoms with E-state index in [1.807, 2.05) is 25.4 Å². The summed E-state index contributed by atoms with van der Waals surface area (Å²) in [4.78, 5) is 2.96. The van der Waals surface area contributed by atoms with Crippen LogP contribution in [0.2, 0.25) is 0 Å². The average molecular weight is 154 g/mol. The Morgan fingerprint density at radius 3 is 2.90 bits per heavy atom. The molecule has 54 valence electrons. The van der Waals surface area contributed by atoms with Crippen molar-refractivity contribution in [3.05, 3.63) is 28.5 Å². The third-order valence-corrected chi connectivity index (χ3v) is 1.48. The molecule has 0 radical (unpaired) electrons. The van der Waals surface area contributed by atoms with Crippen molar-refractivity contribution in [2.75, 3.05) is 7.05 Å². The Hall–Kier alpha value is -0.670. The number of pyridine rings is 1. The lowest BCUT2D eigenvalue weighted by Gasteiger charge is -1.96. The molecule has 0 saturated heterocycles. The molecule has 0 saturated carbocycles. The smallest absolute Gasteiger partial charge is 0.103 e. The number of nitrogens with one attached hydrogen (secondary N) is 2. The van der Waals surface area contributed by atoms with Gasteiger partial charge in [0.05, 0.1) is 0 Å². The molecule has 10 heavy (non-hydrogen) atoms. The van der Waals surface area contributed by atoms with E-state index in [-0.39, 0.29) is 0 Å². The summed E-state index contributed by atoms with van der Waals surface area (Å²) in [6.07, 6.45) is 1.92. The van der Waals surface area contributed by atoms with E-state index < -0.39 is 0 Å². The van der Waals surface area contributed by atoms with Crippen molar-refractivity contribution in [2.45, 2.75) is 6.54 Å². The zero-order chi connectivity index (χ0) is 7.40. The minimum atomic E-state index is 0.778. The fraction of sp³-hybridized carbons (Fsp3) is 0.286. The standard InChI is InChI=1S/C7H10N2S/c1-8-4-6-2-3-7(10)9-5-6/h2-3,5,8H,4H2,1H3,(H,9,10). The summed E-state index contributed by atoms with van der Waals surface area (Å²) in [6.45, 7) is 0.881. The van der Waals surface area contributed by atoms with Gasteiger partial charge in [0, 0.05) is 12.7 Å². The molecule has 1 rings (SSSR count). The molecule has 1 aromatic heterocycles. The monoisotopic (exact) mass is 154 g/mol. The highest BCUT2D eigenvalue weighted by Crippen LogP contribution is 1.94. The van der Waals surface area contributed by atoms with Crippen molar-refractivity contribution in [1.82, 2.24) is 10.3 Å². The highest BCUT2D eigenvalue weighted by atomic mass is 32.1. The molecule has 0 fully saturated rings. The van der Waals surface area contributed by atoms with Gasteiger partial charge in [0.25, 0.3) is 0 Å². The molecule has 0 bridgehead atoms. The maximum atomic E-state index is 4.88. The van der Waals surface area contributed by atoms with E-state index >= 15 is 0 Å². The van der Waals surface area contributed by atoms with Gasteiger partial charge in [0.1, 0.15) is 4.64 Å². The molecule has 1 heterocycles. The average Bonchev–Trinajstić information content (AvgIpc) is 1.95. The largest absolute Gasteiger partial charge is 0.353 e. The van der Waals surface area contributed by atoms with Crippen molar-refractivity contribution in [3.8, 4) is 0 Å². The van der Waals surface area contributed by atoms with E-state index in [1.54, 1.807) is 0 Å². The number of rotatable bonds is 2. The molecule has 0 amide bonds. The fourth-order valence-corrected chi connectivity index (χ4v) is 0.884. The van der Waals surface area contributed by atoms with Crippen molar-refractivity contribution >= 4 is 12.2 Å². The van der Waals surface area contributed by atoms with Gasteiger partial charge in [-0.25, -0.2) is 0 Å². The van der Waals surface area contributed by atoms with Gasteiger partial charge in [-0.2, -0.15) is 0 Å². The Bertz CT molecular complexity index is 234. The zero-order valence-electron chi connectivity index (χ0n) is 5.85. The van der Waals surface area contributed by atoms with Crippen LogP contribution in [0, 0.1) is 4.64 Å². The van der Waals surface area contributed by atoms with Gasteiger partial charge in [-0.1, -0.05) is 18.3 Å². The van der Waals surface area contributed by atoms with Crippen molar-refractivity contribution < 1.29 is 0 Å². The SMILES string of the molecule is CNCc1ccc(=S)[nH]c1. The van der Waals surface area contributed by atoms with Crippen LogP contribution in [0.15, 0.2) is 18.3 Å². The minimum Gasteiger partial charge on any atom is -0.353 e. The first-order valence-corrected chi connectivity index (χ1v) is 3.56. The first kappa shape index (κ1) is 7.44. The first-order chi connectivity index (χ1) is 4.83. The predicted octanol–water partition coefficient (Wildman–Crippen LogP) is 1.46. The number of H-pyrrole nitrogens is 1. The minimum absolute atomic E-state index is 0.778. The number of hydrogen-bond acceptors (Lipinski definition) is 2. The summed E-state index contributed by atoms with van der Waals surface area (Å²) in [5.74, 6) is 0. The quantitative estimate of drug-likeness (QED) is 0.631. The van der Waals surface area contributed by atoms with Crippen LogP contribution in [0.1, 0.15) is 5.56 Å². The van der Waals surface area contributed by atoms with E-state index in [4.69, 9.17) is 12.2 Å². The maximum Gasteiger partial charge on any atom is 0.103 e. The Labute approximate surface area is 65.3 Å². The van der Waals surface area contributed by atoms with E-state index in [9.17, 15) is 0 Å². The van der Waals surface area contributed by atoms with Crippen molar-refractivity contribution in [1.29, 1.82) is 0 Å². The number of aromatic amines is 1. The van der Waals surface area contributed by atoms with E-state index in [0.29, 0.717) is 0 Å². The van der Waals surface area contributed by atoms with Crippen LogP contribution < -0.4 is 5.32 Å². The van der Waals surface area contributed by atoms with Gasteiger partial charge in [-0.3, -0.25) is 0 Å². The third-order valence-electron chi connectivity index (χ3n) is 1.23. The van der Waals surface area contributed by atoms with E-state index in [0.717, 1.165) is 11.2 Å². The second-order valence-corrected chi connectivity index (χ2v) is 2.53. The Kier molecular flexibility index (Phi) is 2.59. The molecule has 0 unspecified atom stereocenters. The van der Waals surface area contributed by atoms with Gasteiger partial charge in [-0.15, -0.1) is 0 Å². The van der Waals surface area contributed by atoms with Crippen LogP contribution in [-0.4, -0.2) is 12.0 Å². The lowest BCUT2D eigenvalue weighted by atomic mass is 10.3. The molecule has 0 spiro atoms. The summed E-state index contributed by atoms with van der Waals surface area (Å²) in [5, 5.41) is 3.05. The first-order valence-electron chi connectivity index (χ1n) is 3.15. The summed E-state index contributed by atoms with van der Waals surface area (Å²) in [7, 11) is 1.92. The molecule has 0 aliphatic rings. The van der Waals surface area contributed by atoms with E-state index in [2.05, 4.69) is 10.3 Å². The van der Waals surface area contributed by atoms with Crippen LogP contribution in [0.4, 0.5) is 0 Å². The molecule has 0 aliphatic carbocycles. The molecule has 2 nitrogen and oxygen atoms in total. The number of aromatic nitrogens is 1. The number of hydrogen-bond donors (Lipinski definition) is 2. The molecular weight excluding hydrogens is 144 g/mol. The van der Waals surface area contributed by atoms with Gasteiger partial charge < -0.3 is 10.3 Å². The molecule has 1 aromatic rings. The van der Waals surface area contributed by atoms with Crippen LogP contribution in [0.3, 0.4) is 0 Å². The summed E-state index contributed by atoms with van der Waals surface area (Å²) >= 11 is 4.88. The van der Waals surface area contributed by atoms with Gasteiger partial charge in [0.15, 0.2) is 0 Å². The molecule has 2 N–H and O–H groups in total. The second-order valence-electron chi connectivity index (χ2n) is 2.09. The molecule has 0 aromatic carbocycles. The molecule has 3 heteroatoms. The van der Waals surface area contributed by atoms with Crippen LogP contribution >= 0.6 is 12.2 Å². The van der Waals surface area contributed by atoms with Crippen LogP contribution in [0.25, 0.3) is 0 Å². The van der Waals surface area contributed by atoms with Crippen LogP contribution in [0.5, 0.6) is 0 Å². The Morgan fingerprint density at radius 1 is 1.60 bits per heavy atom. The third kappa shape index (κ3) is 1.93. The summed E-state index contributed by atoms with van der Waals surface area (Å²) in [5.41, 5.74) is 1.22. The molecule has 0 atom stereocenters. The molecule has 0 aliphatic heterocycles. The normalized spacial score (nSPS) is 9.70. The van der Waals surface area contributed by atoms with Gasteiger partial charge in [0.2, 0.25) is 0 Å². The summed E-state index contributed by atoms with van der Waals surface area (Å²) in [6, 6.07) is 3.90. The fourth-order valence-electron chi connectivity index (χ4n) is 0.757. The van der Waals surface area contributed by atoms with Gasteiger partial charge >= 0.3 is 0 Å².